The molecule has 0 amide bonds. The number of aromatic nitrogens is 3. The van der Waals surface area contributed by atoms with Gasteiger partial charge in [0.15, 0.2) is 5.16 Å². The van der Waals surface area contributed by atoms with Gasteiger partial charge in [-0.05, 0) is 39.7 Å². The zero-order valence-electron chi connectivity index (χ0n) is 11.3. The van der Waals surface area contributed by atoms with Crippen LogP contribution in [0.5, 0.6) is 0 Å². The number of aromatic amines is 1. The SMILES string of the molecule is CCn1c(SC2CCCC(C#N)(NC)C2)n[nH]c1=O. The summed E-state index contributed by atoms with van der Waals surface area (Å²) in [5.41, 5.74) is -0.593. The Balaban J connectivity index is 2.11. The van der Waals surface area contributed by atoms with Crippen molar-refractivity contribution in [2.24, 2.45) is 0 Å². The van der Waals surface area contributed by atoms with Gasteiger partial charge in [-0.2, -0.15) is 5.26 Å². The highest BCUT2D eigenvalue weighted by Crippen LogP contribution is 2.36. The van der Waals surface area contributed by atoms with Gasteiger partial charge in [0, 0.05) is 11.8 Å². The maximum Gasteiger partial charge on any atom is 0.343 e. The molecule has 2 atom stereocenters. The van der Waals surface area contributed by atoms with E-state index in [2.05, 4.69) is 21.6 Å². The van der Waals surface area contributed by atoms with Gasteiger partial charge in [-0.3, -0.25) is 4.57 Å². The third-order valence-corrected chi connectivity index (χ3v) is 4.97. The van der Waals surface area contributed by atoms with Crippen molar-refractivity contribution in [2.45, 2.75) is 55.1 Å². The van der Waals surface area contributed by atoms with Crippen LogP contribution in [0.15, 0.2) is 9.95 Å². The van der Waals surface area contributed by atoms with E-state index in [-0.39, 0.29) is 5.69 Å². The number of rotatable bonds is 4. The third-order valence-electron chi connectivity index (χ3n) is 3.71. The summed E-state index contributed by atoms with van der Waals surface area (Å²) >= 11 is 1.60. The van der Waals surface area contributed by atoms with Crippen molar-refractivity contribution in [3.05, 3.63) is 10.5 Å². The van der Waals surface area contributed by atoms with Crippen LogP contribution in [-0.4, -0.2) is 32.6 Å². The van der Waals surface area contributed by atoms with Gasteiger partial charge in [-0.25, -0.2) is 9.89 Å². The Hall–Kier alpha value is -1.26. The van der Waals surface area contributed by atoms with Crippen LogP contribution in [0.1, 0.15) is 32.6 Å². The Morgan fingerprint density at radius 2 is 2.53 bits per heavy atom. The minimum atomic E-state index is -0.427. The fourth-order valence-electron chi connectivity index (χ4n) is 2.53. The highest BCUT2D eigenvalue weighted by Gasteiger charge is 2.36. The van der Waals surface area contributed by atoms with Gasteiger partial charge in [-0.15, -0.1) is 5.10 Å². The first kappa shape index (κ1) is 14.2. The van der Waals surface area contributed by atoms with E-state index in [1.807, 2.05) is 14.0 Å². The smallest absolute Gasteiger partial charge is 0.302 e. The minimum absolute atomic E-state index is 0.166. The zero-order chi connectivity index (χ0) is 13.9. The Morgan fingerprint density at radius 1 is 1.74 bits per heavy atom. The second kappa shape index (κ2) is 5.80. The average Bonchev–Trinajstić information content (AvgIpc) is 2.79. The van der Waals surface area contributed by atoms with Crippen molar-refractivity contribution in [3.63, 3.8) is 0 Å². The van der Waals surface area contributed by atoms with Gasteiger partial charge in [0.25, 0.3) is 0 Å². The summed E-state index contributed by atoms with van der Waals surface area (Å²) in [6.07, 6.45) is 3.75. The van der Waals surface area contributed by atoms with Gasteiger partial charge < -0.3 is 5.32 Å². The first-order valence-electron chi connectivity index (χ1n) is 6.56. The Bertz CT molecular complexity index is 531. The molecule has 0 bridgehead atoms. The lowest BCUT2D eigenvalue weighted by Gasteiger charge is -2.34. The lowest BCUT2D eigenvalue weighted by Crippen LogP contribution is -2.46. The normalized spacial score (nSPS) is 27.1. The fourth-order valence-corrected chi connectivity index (χ4v) is 3.92. The molecule has 1 aromatic heterocycles. The van der Waals surface area contributed by atoms with Gasteiger partial charge in [0.05, 0.1) is 6.07 Å². The van der Waals surface area contributed by atoms with E-state index in [0.717, 1.165) is 30.8 Å². The molecule has 6 nitrogen and oxygen atoms in total. The van der Waals surface area contributed by atoms with Crippen molar-refractivity contribution in [2.75, 3.05) is 7.05 Å². The van der Waals surface area contributed by atoms with Crippen molar-refractivity contribution in [3.8, 4) is 6.07 Å². The molecule has 1 saturated carbocycles. The third kappa shape index (κ3) is 2.85. The lowest BCUT2D eigenvalue weighted by atomic mass is 9.83. The van der Waals surface area contributed by atoms with E-state index in [1.165, 1.54) is 0 Å². The molecule has 0 saturated heterocycles. The molecule has 2 unspecified atom stereocenters. The number of nitrogens with zero attached hydrogens (tertiary/aromatic N) is 3. The molecule has 1 aliphatic carbocycles. The quantitative estimate of drug-likeness (QED) is 0.863. The molecular formula is C12H19N5OS. The minimum Gasteiger partial charge on any atom is -0.302 e. The van der Waals surface area contributed by atoms with E-state index in [9.17, 15) is 10.1 Å². The second-order valence-corrected chi connectivity index (χ2v) is 6.10. The lowest BCUT2D eigenvalue weighted by molar-refractivity contribution is 0.323. The predicted octanol–water partition coefficient (Wildman–Crippen LogP) is 1.11. The van der Waals surface area contributed by atoms with Crippen LogP contribution in [0.3, 0.4) is 0 Å². The maximum atomic E-state index is 11.5. The molecule has 1 fully saturated rings. The molecule has 104 valence electrons. The van der Waals surface area contributed by atoms with Crippen LogP contribution in [0, 0.1) is 11.3 Å². The number of hydrogen-bond acceptors (Lipinski definition) is 5. The van der Waals surface area contributed by atoms with E-state index in [1.54, 1.807) is 16.3 Å². The highest BCUT2D eigenvalue weighted by atomic mass is 32.2. The number of nitriles is 1. The molecule has 1 heterocycles. The summed E-state index contributed by atoms with van der Waals surface area (Å²) in [6.45, 7) is 2.54. The summed E-state index contributed by atoms with van der Waals surface area (Å²) < 4.78 is 1.63. The van der Waals surface area contributed by atoms with Gasteiger partial charge in [-0.1, -0.05) is 11.8 Å². The molecule has 19 heavy (non-hydrogen) atoms. The predicted molar refractivity (Wildman–Crippen MR) is 74.0 cm³/mol. The standard InChI is InChI=1S/C12H19N5OS/c1-3-17-10(18)15-16-11(17)19-9-5-4-6-12(7-9,8-13)14-2/h9,14H,3-7H2,1-2H3,(H,15,18). The van der Waals surface area contributed by atoms with Crippen molar-refractivity contribution < 1.29 is 0 Å². The topological polar surface area (TPSA) is 86.5 Å². The van der Waals surface area contributed by atoms with Crippen molar-refractivity contribution in [1.82, 2.24) is 20.1 Å². The molecule has 7 heteroatoms. The van der Waals surface area contributed by atoms with Crippen LogP contribution in [-0.2, 0) is 6.54 Å². The summed E-state index contributed by atoms with van der Waals surface area (Å²) in [6, 6.07) is 2.40. The van der Waals surface area contributed by atoms with E-state index < -0.39 is 5.54 Å². The van der Waals surface area contributed by atoms with Crippen LogP contribution in [0.2, 0.25) is 0 Å². The first-order chi connectivity index (χ1) is 9.14. The van der Waals surface area contributed by atoms with Crippen molar-refractivity contribution in [1.29, 1.82) is 5.26 Å². The number of hydrogen-bond donors (Lipinski definition) is 2. The van der Waals surface area contributed by atoms with Crippen LogP contribution >= 0.6 is 11.8 Å². The van der Waals surface area contributed by atoms with Gasteiger partial charge in [0.2, 0.25) is 0 Å². The molecule has 0 aromatic carbocycles. The van der Waals surface area contributed by atoms with Gasteiger partial charge in [0.1, 0.15) is 5.54 Å². The van der Waals surface area contributed by atoms with E-state index >= 15 is 0 Å². The monoisotopic (exact) mass is 281 g/mol. The Kier molecular flexibility index (Phi) is 4.32. The summed E-state index contributed by atoms with van der Waals surface area (Å²) in [4.78, 5) is 11.5. The largest absolute Gasteiger partial charge is 0.343 e. The molecule has 0 aliphatic heterocycles. The number of nitrogens with one attached hydrogen (secondary N) is 2. The molecule has 2 rings (SSSR count). The van der Waals surface area contributed by atoms with E-state index in [0.29, 0.717) is 11.8 Å². The zero-order valence-corrected chi connectivity index (χ0v) is 12.1. The first-order valence-corrected chi connectivity index (χ1v) is 7.44. The number of thioether (sulfide) groups is 1. The molecule has 0 radical (unpaired) electrons. The summed E-state index contributed by atoms with van der Waals surface area (Å²) in [7, 11) is 1.84. The average molecular weight is 281 g/mol. The van der Waals surface area contributed by atoms with Crippen LogP contribution in [0.4, 0.5) is 0 Å². The summed E-state index contributed by atoms with van der Waals surface area (Å²) in [5, 5.41) is 20.1. The molecule has 0 spiro atoms. The van der Waals surface area contributed by atoms with Crippen LogP contribution < -0.4 is 11.0 Å². The fraction of sp³-hybridized carbons (Fsp3) is 0.750. The maximum absolute atomic E-state index is 11.5. The highest BCUT2D eigenvalue weighted by molar-refractivity contribution is 7.99. The molecule has 2 N–H and O–H groups in total. The number of H-pyrrole nitrogens is 1. The molecular weight excluding hydrogens is 262 g/mol. The Morgan fingerprint density at radius 3 is 3.16 bits per heavy atom. The van der Waals surface area contributed by atoms with E-state index in [4.69, 9.17) is 0 Å². The van der Waals surface area contributed by atoms with Crippen LogP contribution in [0.25, 0.3) is 0 Å². The second-order valence-electron chi connectivity index (χ2n) is 4.84. The van der Waals surface area contributed by atoms with Crippen molar-refractivity contribution >= 4 is 11.8 Å². The van der Waals surface area contributed by atoms with Gasteiger partial charge >= 0.3 is 5.69 Å². The summed E-state index contributed by atoms with van der Waals surface area (Å²) in [5.74, 6) is 0. The molecule has 1 aliphatic rings. The Labute approximate surface area is 116 Å². The molecule has 1 aromatic rings.